The van der Waals surface area contributed by atoms with Crippen molar-refractivity contribution in [3.63, 3.8) is 0 Å². The molecule has 0 spiro atoms. The second-order valence-corrected chi connectivity index (χ2v) is 3.14. The zero-order valence-corrected chi connectivity index (χ0v) is 8.31. The molecular formula is C9H22N2O. The normalized spacial score (nSPS) is 13.2. The minimum atomic E-state index is 0.451. The Morgan fingerprint density at radius 1 is 1.33 bits per heavy atom. The fraction of sp³-hybridized carbons (Fsp3) is 1.00. The number of nitrogens with one attached hydrogen (secondary N) is 1. The van der Waals surface area contributed by atoms with Crippen LogP contribution in [0.4, 0.5) is 0 Å². The Bertz CT molecular complexity index is 88.6. The second kappa shape index (κ2) is 8.97. The monoisotopic (exact) mass is 174 g/mol. The molecule has 0 aromatic rings. The SMILES string of the molecule is COCCCCCNC(C)CN. The maximum atomic E-state index is 5.45. The van der Waals surface area contributed by atoms with Crippen LogP contribution >= 0.6 is 0 Å². The highest BCUT2D eigenvalue weighted by molar-refractivity contribution is 4.59. The van der Waals surface area contributed by atoms with Crippen molar-refractivity contribution >= 4 is 0 Å². The van der Waals surface area contributed by atoms with Gasteiger partial charge in [0.05, 0.1) is 0 Å². The lowest BCUT2D eigenvalue weighted by Gasteiger charge is -2.10. The van der Waals surface area contributed by atoms with Gasteiger partial charge < -0.3 is 15.8 Å². The molecule has 74 valence electrons. The highest BCUT2D eigenvalue weighted by Crippen LogP contribution is 1.94. The number of ether oxygens (including phenoxy) is 1. The summed E-state index contributed by atoms with van der Waals surface area (Å²) in [6.07, 6.45) is 3.61. The summed E-state index contributed by atoms with van der Waals surface area (Å²) in [7, 11) is 1.74. The average Bonchev–Trinajstić information content (AvgIpc) is 2.10. The Labute approximate surface area is 75.7 Å². The Hall–Kier alpha value is -0.120. The Morgan fingerprint density at radius 2 is 2.08 bits per heavy atom. The van der Waals surface area contributed by atoms with E-state index in [2.05, 4.69) is 12.2 Å². The standard InChI is InChI=1S/C9H22N2O/c1-9(8-10)11-6-4-3-5-7-12-2/h9,11H,3-8,10H2,1-2H3. The minimum Gasteiger partial charge on any atom is -0.385 e. The first-order valence-electron chi connectivity index (χ1n) is 4.73. The van der Waals surface area contributed by atoms with Gasteiger partial charge in [-0.2, -0.15) is 0 Å². The van der Waals surface area contributed by atoms with Crippen LogP contribution in [0.2, 0.25) is 0 Å². The zero-order valence-electron chi connectivity index (χ0n) is 8.31. The predicted molar refractivity (Wildman–Crippen MR) is 52.2 cm³/mol. The fourth-order valence-corrected chi connectivity index (χ4v) is 0.980. The van der Waals surface area contributed by atoms with Gasteiger partial charge in [0.2, 0.25) is 0 Å². The van der Waals surface area contributed by atoms with Gasteiger partial charge in [-0.15, -0.1) is 0 Å². The van der Waals surface area contributed by atoms with E-state index in [0.717, 1.165) is 26.1 Å². The van der Waals surface area contributed by atoms with Crippen molar-refractivity contribution in [2.24, 2.45) is 5.73 Å². The van der Waals surface area contributed by atoms with Crippen molar-refractivity contribution in [3.05, 3.63) is 0 Å². The lowest BCUT2D eigenvalue weighted by atomic mass is 10.2. The van der Waals surface area contributed by atoms with Crippen LogP contribution in [0.3, 0.4) is 0 Å². The van der Waals surface area contributed by atoms with Crippen LogP contribution in [-0.4, -0.2) is 32.8 Å². The van der Waals surface area contributed by atoms with E-state index < -0.39 is 0 Å². The Balaban J connectivity index is 2.90. The third-order valence-corrected chi connectivity index (χ3v) is 1.87. The molecule has 12 heavy (non-hydrogen) atoms. The maximum Gasteiger partial charge on any atom is 0.0462 e. The second-order valence-electron chi connectivity index (χ2n) is 3.14. The molecule has 0 amide bonds. The first kappa shape index (κ1) is 11.9. The summed E-state index contributed by atoms with van der Waals surface area (Å²) in [6.45, 7) is 4.78. The van der Waals surface area contributed by atoms with Crippen LogP contribution in [0.25, 0.3) is 0 Å². The van der Waals surface area contributed by atoms with Gasteiger partial charge in [-0.1, -0.05) is 0 Å². The van der Waals surface area contributed by atoms with E-state index in [1.165, 1.54) is 12.8 Å². The van der Waals surface area contributed by atoms with E-state index in [1.54, 1.807) is 7.11 Å². The number of unbranched alkanes of at least 4 members (excludes halogenated alkanes) is 2. The molecule has 1 atom stereocenters. The molecule has 0 radical (unpaired) electrons. The molecule has 0 aromatic heterocycles. The number of nitrogens with two attached hydrogens (primary N) is 1. The summed E-state index contributed by atoms with van der Waals surface area (Å²) in [5, 5.41) is 3.34. The highest BCUT2D eigenvalue weighted by atomic mass is 16.5. The first-order valence-corrected chi connectivity index (χ1v) is 4.73. The number of methoxy groups -OCH3 is 1. The van der Waals surface area contributed by atoms with Gasteiger partial charge in [-0.05, 0) is 32.7 Å². The van der Waals surface area contributed by atoms with Crippen LogP contribution in [0.5, 0.6) is 0 Å². The minimum absolute atomic E-state index is 0.451. The fourth-order valence-electron chi connectivity index (χ4n) is 0.980. The third kappa shape index (κ3) is 7.98. The summed E-state index contributed by atoms with van der Waals surface area (Å²) >= 11 is 0. The van der Waals surface area contributed by atoms with E-state index in [9.17, 15) is 0 Å². The van der Waals surface area contributed by atoms with Gasteiger partial charge in [0.1, 0.15) is 0 Å². The third-order valence-electron chi connectivity index (χ3n) is 1.87. The lowest BCUT2D eigenvalue weighted by molar-refractivity contribution is 0.192. The largest absolute Gasteiger partial charge is 0.385 e. The zero-order chi connectivity index (χ0) is 9.23. The molecule has 0 rings (SSSR count). The van der Waals surface area contributed by atoms with Crippen LogP contribution in [0, 0.1) is 0 Å². The van der Waals surface area contributed by atoms with Crippen molar-refractivity contribution in [1.82, 2.24) is 5.32 Å². The van der Waals surface area contributed by atoms with Gasteiger partial charge in [-0.3, -0.25) is 0 Å². The average molecular weight is 174 g/mol. The molecule has 0 heterocycles. The highest BCUT2D eigenvalue weighted by Gasteiger charge is 1.95. The molecular weight excluding hydrogens is 152 g/mol. The molecule has 0 fully saturated rings. The number of hydrogen-bond donors (Lipinski definition) is 2. The quantitative estimate of drug-likeness (QED) is 0.534. The van der Waals surface area contributed by atoms with Crippen LogP contribution < -0.4 is 11.1 Å². The first-order chi connectivity index (χ1) is 5.81. The summed E-state index contributed by atoms with van der Waals surface area (Å²) < 4.78 is 4.95. The Kier molecular flexibility index (Phi) is 8.88. The van der Waals surface area contributed by atoms with Gasteiger partial charge >= 0.3 is 0 Å². The summed E-state index contributed by atoms with van der Waals surface area (Å²) in [5.74, 6) is 0. The van der Waals surface area contributed by atoms with Crippen LogP contribution in [0.1, 0.15) is 26.2 Å². The molecule has 0 aliphatic rings. The molecule has 3 nitrogen and oxygen atoms in total. The lowest BCUT2D eigenvalue weighted by Crippen LogP contribution is -2.33. The van der Waals surface area contributed by atoms with Crippen LogP contribution in [-0.2, 0) is 4.74 Å². The van der Waals surface area contributed by atoms with Crippen molar-refractivity contribution in [2.75, 3.05) is 26.8 Å². The van der Waals surface area contributed by atoms with Crippen molar-refractivity contribution < 1.29 is 4.74 Å². The van der Waals surface area contributed by atoms with Crippen molar-refractivity contribution in [1.29, 1.82) is 0 Å². The van der Waals surface area contributed by atoms with Crippen molar-refractivity contribution in [3.8, 4) is 0 Å². The Morgan fingerprint density at radius 3 is 2.67 bits per heavy atom. The van der Waals surface area contributed by atoms with Crippen LogP contribution in [0.15, 0.2) is 0 Å². The van der Waals surface area contributed by atoms with E-state index in [0.29, 0.717) is 6.04 Å². The topological polar surface area (TPSA) is 47.3 Å². The number of rotatable bonds is 8. The molecule has 0 saturated heterocycles. The molecule has 0 aliphatic heterocycles. The molecule has 0 bridgehead atoms. The van der Waals surface area contributed by atoms with Gasteiger partial charge in [0.15, 0.2) is 0 Å². The maximum absolute atomic E-state index is 5.45. The smallest absolute Gasteiger partial charge is 0.0462 e. The van der Waals surface area contributed by atoms with Gasteiger partial charge in [0, 0.05) is 26.3 Å². The molecule has 0 saturated carbocycles. The molecule has 1 unspecified atom stereocenters. The van der Waals surface area contributed by atoms with Gasteiger partial charge in [0.25, 0.3) is 0 Å². The van der Waals surface area contributed by atoms with E-state index in [1.807, 2.05) is 0 Å². The molecule has 3 N–H and O–H groups in total. The van der Waals surface area contributed by atoms with Crippen molar-refractivity contribution in [2.45, 2.75) is 32.2 Å². The summed E-state index contributed by atoms with van der Waals surface area (Å²) in [5.41, 5.74) is 5.45. The molecule has 0 aliphatic carbocycles. The summed E-state index contributed by atoms with van der Waals surface area (Å²) in [6, 6.07) is 0.451. The van der Waals surface area contributed by atoms with E-state index >= 15 is 0 Å². The molecule has 0 aromatic carbocycles. The van der Waals surface area contributed by atoms with Gasteiger partial charge in [-0.25, -0.2) is 0 Å². The molecule has 3 heteroatoms. The van der Waals surface area contributed by atoms with E-state index in [-0.39, 0.29) is 0 Å². The number of hydrogen-bond acceptors (Lipinski definition) is 3. The van der Waals surface area contributed by atoms with E-state index in [4.69, 9.17) is 10.5 Å². The predicted octanol–water partition coefficient (Wildman–Crippen LogP) is 0.740. The summed E-state index contributed by atoms with van der Waals surface area (Å²) in [4.78, 5) is 0.